The van der Waals surface area contributed by atoms with Gasteiger partial charge in [0, 0.05) is 22.8 Å². The van der Waals surface area contributed by atoms with Crippen LogP contribution >= 0.6 is 11.3 Å². The molecular weight excluding hydrogens is 378 g/mol. The number of nitrogens with one attached hydrogen (secondary N) is 1. The first-order valence-electron chi connectivity index (χ1n) is 9.11. The fourth-order valence-corrected chi connectivity index (χ4v) is 4.70. The van der Waals surface area contributed by atoms with Gasteiger partial charge in [-0.2, -0.15) is 10.2 Å². The lowest BCUT2D eigenvalue weighted by molar-refractivity contribution is 1.03. The highest BCUT2D eigenvalue weighted by Crippen LogP contribution is 2.47. The third-order valence-corrected chi connectivity index (χ3v) is 6.12. The van der Waals surface area contributed by atoms with Gasteiger partial charge in [0.05, 0.1) is 23.8 Å². The van der Waals surface area contributed by atoms with Gasteiger partial charge < -0.3 is 4.98 Å². The van der Waals surface area contributed by atoms with Crippen molar-refractivity contribution in [2.45, 2.75) is 6.42 Å². The molecule has 3 heterocycles. The largest absolute Gasteiger partial charge is 0.344 e. The number of thiophene rings is 1. The summed E-state index contributed by atoms with van der Waals surface area (Å²) < 4.78 is 0. The fraction of sp³-hybridized carbons (Fsp3) is 0.0435. The summed E-state index contributed by atoms with van der Waals surface area (Å²) in [5, 5.41) is 10.3. The second-order valence-corrected chi connectivity index (χ2v) is 7.65. The van der Waals surface area contributed by atoms with Gasteiger partial charge in [0.15, 0.2) is 0 Å². The van der Waals surface area contributed by atoms with Crippen molar-refractivity contribution in [2.24, 2.45) is 0 Å². The molecule has 3 aromatic heterocycles. The van der Waals surface area contributed by atoms with Crippen LogP contribution in [0.2, 0.25) is 0 Å². The molecule has 5 nitrogen and oxygen atoms in total. The van der Waals surface area contributed by atoms with E-state index in [1.54, 1.807) is 36.1 Å². The maximum absolute atomic E-state index is 7.88. The Morgan fingerprint density at radius 3 is 2.62 bits per heavy atom. The third kappa shape index (κ3) is 3.18. The van der Waals surface area contributed by atoms with Gasteiger partial charge in [0.25, 0.3) is 0 Å². The van der Waals surface area contributed by atoms with Gasteiger partial charge in [0.2, 0.25) is 5.69 Å². The summed E-state index contributed by atoms with van der Waals surface area (Å²) in [6.45, 7) is 7.88. The lowest BCUT2D eigenvalue weighted by Gasteiger charge is -2.06. The number of nitrogens with zero attached hydrogens (tertiary/aromatic N) is 4. The van der Waals surface area contributed by atoms with Crippen molar-refractivity contribution in [2.75, 3.05) is 0 Å². The Kier molecular flexibility index (Phi) is 4.35. The zero-order chi connectivity index (χ0) is 19.6. The monoisotopic (exact) mass is 393 g/mol. The molecule has 0 aliphatic rings. The van der Waals surface area contributed by atoms with Crippen LogP contribution in [0.25, 0.3) is 36.8 Å². The van der Waals surface area contributed by atoms with Crippen LogP contribution < -0.4 is 0 Å². The molecule has 0 saturated carbocycles. The first-order chi connectivity index (χ1) is 14.3. The summed E-state index contributed by atoms with van der Waals surface area (Å²) in [6.07, 6.45) is 7.55. The molecule has 0 aliphatic carbocycles. The van der Waals surface area contributed by atoms with Crippen LogP contribution in [0.5, 0.6) is 0 Å². The van der Waals surface area contributed by atoms with E-state index in [0.29, 0.717) is 12.1 Å². The van der Waals surface area contributed by atoms with Crippen molar-refractivity contribution < 1.29 is 0 Å². The first-order valence-corrected chi connectivity index (χ1v) is 9.93. The number of hydrogen-bond acceptors (Lipinski definition) is 4. The van der Waals surface area contributed by atoms with Crippen molar-refractivity contribution in [3.8, 4) is 21.1 Å². The normalized spacial score (nSPS) is 10.9. The van der Waals surface area contributed by atoms with Gasteiger partial charge in [-0.25, -0.2) is 9.83 Å². The summed E-state index contributed by atoms with van der Waals surface area (Å²) in [7, 11) is 0. The molecule has 138 valence electrons. The second kappa shape index (κ2) is 7.30. The number of fused-ring (bicyclic) bond motifs is 1. The fourth-order valence-electron chi connectivity index (χ4n) is 3.49. The highest BCUT2D eigenvalue weighted by atomic mass is 32.1. The minimum Gasteiger partial charge on any atom is -0.344 e. The molecule has 5 aromatic rings. The van der Waals surface area contributed by atoms with E-state index in [0.717, 1.165) is 26.7 Å². The highest BCUT2D eigenvalue weighted by molar-refractivity contribution is 7.19. The number of hydrogen-bond donors (Lipinski definition) is 1. The van der Waals surface area contributed by atoms with Crippen LogP contribution in [0.1, 0.15) is 11.1 Å². The van der Waals surface area contributed by atoms with E-state index in [-0.39, 0.29) is 0 Å². The van der Waals surface area contributed by atoms with Crippen molar-refractivity contribution >= 4 is 27.8 Å². The molecule has 0 aliphatic heterocycles. The maximum Gasteiger partial charge on any atom is 0.209 e. The smallest absolute Gasteiger partial charge is 0.209 e. The Bertz CT molecular complexity index is 1330. The summed E-state index contributed by atoms with van der Waals surface area (Å²) in [4.78, 5) is 13.4. The molecule has 0 spiro atoms. The SMILES string of the molecule is [C-]#[N+]c1c(-c2ccnnc2)sc(-c2ncc[nH]2)c1Cc1ccc2ccccc2c1. The molecule has 0 bridgehead atoms. The Morgan fingerprint density at radius 2 is 1.86 bits per heavy atom. The number of aromatic amines is 1. The zero-order valence-electron chi connectivity index (χ0n) is 15.3. The molecule has 0 radical (unpaired) electrons. The van der Waals surface area contributed by atoms with Crippen LogP contribution in [0.3, 0.4) is 0 Å². The van der Waals surface area contributed by atoms with Crippen LogP contribution in [0, 0.1) is 6.57 Å². The second-order valence-electron chi connectivity index (χ2n) is 6.63. The van der Waals surface area contributed by atoms with Gasteiger partial charge in [0.1, 0.15) is 5.82 Å². The summed E-state index contributed by atoms with van der Waals surface area (Å²) in [5.41, 5.74) is 3.71. The minimum absolute atomic E-state index is 0.655. The Balaban J connectivity index is 1.67. The Morgan fingerprint density at radius 1 is 0.966 bits per heavy atom. The molecule has 2 aromatic carbocycles. The molecule has 29 heavy (non-hydrogen) atoms. The summed E-state index contributed by atoms with van der Waals surface area (Å²) in [6, 6.07) is 16.7. The standard InChI is InChI=1S/C23H15N5S/c1-24-20-19(13-15-6-7-16-4-2-3-5-17(16)12-15)22(23-25-10-11-26-23)29-21(20)18-8-9-27-28-14-18/h2-12,14H,13H2,(H,25,26). The van der Waals surface area contributed by atoms with Crippen molar-refractivity contribution in [1.82, 2.24) is 20.2 Å². The van der Waals surface area contributed by atoms with Gasteiger partial charge in [-0.3, -0.25) is 0 Å². The van der Waals surface area contributed by atoms with Crippen molar-refractivity contribution in [3.63, 3.8) is 0 Å². The number of aromatic nitrogens is 4. The summed E-state index contributed by atoms with van der Waals surface area (Å²) >= 11 is 1.57. The Hall–Kier alpha value is -3.82. The molecule has 0 fully saturated rings. The molecule has 1 N–H and O–H groups in total. The van der Waals surface area contributed by atoms with Gasteiger partial charge in [-0.15, -0.1) is 11.3 Å². The van der Waals surface area contributed by atoms with E-state index in [1.807, 2.05) is 18.2 Å². The molecule has 6 heteroatoms. The molecule has 0 saturated heterocycles. The van der Waals surface area contributed by atoms with Gasteiger partial charge in [-0.05, 0) is 34.4 Å². The van der Waals surface area contributed by atoms with Crippen molar-refractivity contribution in [3.05, 3.63) is 95.9 Å². The van der Waals surface area contributed by atoms with Gasteiger partial charge in [-0.1, -0.05) is 42.5 Å². The quantitative estimate of drug-likeness (QED) is 0.387. The van der Waals surface area contributed by atoms with E-state index in [2.05, 4.69) is 55.3 Å². The van der Waals surface area contributed by atoms with Crippen LogP contribution in [-0.4, -0.2) is 20.2 Å². The van der Waals surface area contributed by atoms with Crippen LogP contribution in [0.4, 0.5) is 5.69 Å². The molecule has 0 unspecified atom stereocenters. The average molecular weight is 393 g/mol. The highest BCUT2D eigenvalue weighted by Gasteiger charge is 2.22. The zero-order valence-corrected chi connectivity index (χ0v) is 16.1. The predicted molar refractivity (Wildman–Crippen MR) is 116 cm³/mol. The minimum atomic E-state index is 0.655. The molecular formula is C23H15N5S. The van der Waals surface area contributed by atoms with Crippen LogP contribution in [0.15, 0.2) is 73.3 Å². The lowest BCUT2D eigenvalue weighted by atomic mass is 9.99. The molecule has 0 amide bonds. The average Bonchev–Trinajstić information content (AvgIpc) is 3.42. The number of benzene rings is 2. The van der Waals surface area contributed by atoms with Crippen LogP contribution in [-0.2, 0) is 6.42 Å². The topological polar surface area (TPSA) is 58.8 Å². The van der Waals surface area contributed by atoms with Crippen molar-refractivity contribution in [1.29, 1.82) is 0 Å². The van der Waals surface area contributed by atoms with E-state index < -0.39 is 0 Å². The number of H-pyrrole nitrogens is 1. The number of imidazole rings is 1. The lowest BCUT2D eigenvalue weighted by Crippen LogP contribution is -1.90. The van der Waals surface area contributed by atoms with E-state index in [9.17, 15) is 0 Å². The van der Waals surface area contributed by atoms with E-state index >= 15 is 0 Å². The number of rotatable bonds is 4. The first kappa shape index (κ1) is 17.3. The maximum atomic E-state index is 7.88. The van der Waals surface area contributed by atoms with E-state index in [4.69, 9.17) is 6.57 Å². The van der Waals surface area contributed by atoms with Gasteiger partial charge >= 0.3 is 0 Å². The predicted octanol–water partition coefficient (Wildman–Crippen LogP) is 5.89. The molecule has 0 atom stereocenters. The molecule has 5 rings (SSSR count). The Labute approximate surface area is 171 Å². The van der Waals surface area contributed by atoms with E-state index in [1.165, 1.54) is 16.3 Å². The summed E-state index contributed by atoms with van der Waals surface area (Å²) in [5.74, 6) is 0.781. The third-order valence-electron chi connectivity index (χ3n) is 4.85.